The molecule has 0 aromatic carbocycles. The zero-order valence-corrected chi connectivity index (χ0v) is 10.2. The predicted molar refractivity (Wildman–Crippen MR) is 59.3 cm³/mol. The van der Waals surface area contributed by atoms with Gasteiger partial charge >= 0.3 is 0 Å². The molecule has 0 bridgehead atoms. The maximum absolute atomic E-state index is 11.8. The number of nitrogens with zero attached hydrogens (tertiary/aromatic N) is 1. The van der Waals surface area contributed by atoms with Crippen LogP contribution in [0.4, 0.5) is 0 Å². The smallest absolute Gasteiger partial charge is 0.216 e. The molecule has 1 atom stereocenters. The van der Waals surface area contributed by atoms with Crippen molar-refractivity contribution in [1.82, 2.24) is 9.62 Å². The number of hydrogen-bond donors (Lipinski definition) is 1. The lowest BCUT2D eigenvalue weighted by Gasteiger charge is -2.16. The van der Waals surface area contributed by atoms with Crippen molar-refractivity contribution in [2.24, 2.45) is 5.92 Å². The minimum absolute atomic E-state index is 0.0930. The average molecular weight is 236 g/mol. The predicted octanol–water partition coefficient (Wildman–Crippen LogP) is -0.496. The summed E-state index contributed by atoms with van der Waals surface area (Å²) in [5, 5.41) is 3.08. The molecule has 1 saturated heterocycles. The Morgan fingerprint density at radius 3 is 2.87 bits per heavy atom. The van der Waals surface area contributed by atoms with Crippen LogP contribution in [0.15, 0.2) is 0 Å². The van der Waals surface area contributed by atoms with E-state index in [1.54, 1.807) is 4.31 Å². The Morgan fingerprint density at radius 2 is 2.27 bits per heavy atom. The highest BCUT2D eigenvalue weighted by Crippen LogP contribution is 2.18. The Balaban J connectivity index is 2.45. The van der Waals surface area contributed by atoms with Gasteiger partial charge in [-0.05, 0) is 25.9 Å². The van der Waals surface area contributed by atoms with Gasteiger partial charge in [-0.3, -0.25) is 0 Å². The molecule has 0 aromatic heterocycles. The van der Waals surface area contributed by atoms with E-state index in [0.717, 1.165) is 13.0 Å². The van der Waals surface area contributed by atoms with Crippen molar-refractivity contribution in [3.8, 4) is 0 Å². The zero-order valence-electron chi connectivity index (χ0n) is 9.40. The lowest BCUT2D eigenvalue weighted by molar-refractivity contribution is 0.215. The first-order valence-corrected chi connectivity index (χ1v) is 6.82. The highest BCUT2D eigenvalue weighted by atomic mass is 32.2. The Labute approximate surface area is 91.8 Å². The van der Waals surface area contributed by atoms with Crippen LogP contribution in [0.5, 0.6) is 0 Å². The van der Waals surface area contributed by atoms with Crippen LogP contribution in [0.1, 0.15) is 6.42 Å². The van der Waals surface area contributed by atoms with Crippen molar-refractivity contribution < 1.29 is 13.2 Å². The lowest BCUT2D eigenvalue weighted by Crippen LogP contribution is -2.33. The van der Waals surface area contributed by atoms with Crippen LogP contribution >= 0.6 is 0 Å². The third-order valence-corrected chi connectivity index (χ3v) is 4.48. The lowest BCUT2D eigenvalue weighted by atomic mass is 10.1. The molecular weight excluding hydrogens is 216 g/mol. The first-order chi connectivity index (χ1) is 7.10. The molecule has 1 heterocycles. The summed E-state index contributed by atoms with van der Waals surface area (Å²) in [4.78, 5) is 0. The minimum Gasteiger partial charge on any atom is -0.384 e. The molecule has 1 aliphatic rings. The van der Waals surface area contributed by atoms with E-state index in [4.69, 9.17) is 4.74 Å². The Morgan fingerprint density at radius 1 is 1.53 bits per heavy atom. The average Bonchev–Trinajstić information content (AvgIpc) is 2.65. The van der Waals surface area contributed by atoms with Crippen LogP contribution in [0, 0.1) is 5.92 Å². The Kier molecular flexibility index (Phi) is 4.98. The number of ether oxygens (including phenoxy) is 1. The van der Waals surface area contributed by atoms with E-state index in [1.165, 1.54) is 7.11 Å². The summed E-state index contributed by atoms with van der Waals surface area (Å²) in [5.74, 6) is 0.544. The van der Waals surface area contributed by atoms with Gasteiger partial charge in [-0.2, -0.15) is 0 Å². The van der Waals surface area contributed by atoms with Gasteiger partial charge in [0.25, 0.3) is 0 Å². The van der Waals surface area contributed by atoms with Crippen LogP contribution < -0.4 is 5.32 Å². The summed E-state index contributed by atoms with van der Waals surface area (Å²) in [7, 11) is 0.315. The standard InChI is InChI=1S/C9H20N2O3S/c1-10-7-9-3-4-11(8-9)15(12,13)6-5-14-2/h9-10H,3-8H2,1-2H3. The fourth-order valence-electron chi connectivity index (χ4n) is 1.82. The second-order valence-electron chi connectivity index (χ2n) is 3.88. The van der Waals surface area contributed by atoms with Crippen molar-refractivity contribution in [2.45, 2.75) is 6.42 Å². The van der Waals surface area contributed by atoms with Crippen molar-refractivity contribution in [2.75, 3.05) is 46.2 Å². The zero-order chi connectivity index (χ0) is 11.3. The quantitative estimate of drug-likeness (QED) is 0.676. The molecule has 90 valence electrons. The number of nitrogens with one attached hydrogen (secondary N) is 1. The molecule has 0 radical (unpaired) electrons. The molecule has 1 rings (SSSR count). The highest BCUT2D eigenvalue weighted by molar-refractivity contribution is 7.89. The third-order valence-electron chi connectivity index (χ3n) is 2.68. The van der Waals surface area contributed by atoms with Gasteiger partial charge in [0.15, 0.2) is 0 Å². The fraction of sp³-hybridized carbons (Fsp3) is 1.00. The molecule has 0 aliphatic carbocycles. The summed E-state index contributed by atoms with van der Waals surface area (Å²) in [6, 6.07) is 0. The second-order valence-corrected chi connectivity index (χ2v) is 5.97. The Hall–Kier alpha value is -0.170. The molecular formula is C9H20N2O3S. The molecule has 5 nitrogen and oxygen atoms in total. The molecule has 6 heteroatoms. The van der Waals surface area contributed by atoms with Gasteiger partial charge in [-0.15, -0.1) is 0 Å². The summed E-state index contributed by atoms with van der Waals surface area (Å²) in [5.41, 5.74) is 0. The van der Waals surface area contributed by atoms with Crippen LogP contribution in [-0.4, -0.2) is 58.9 Å². The molecule has 1 aliphatic heterocycles. The first-order valence-electron chi connectivity index (χ1n) is 5.21. The minimum atomic E-state index is -3.09. The largest absolute Gasteiger partial charge is 0.384 e. The van der Waals surface area contributed by atoms with E-state index >= 15 is 0 Å². The van der Waals surface area contributed by atoms with E-state index in [1.807, 2.05) is 7.05 Å². The van der Waals surface area contributed by atoms with Gasteiger partial charge in [0.1, 0.15) is 0 Å². The molecule has 1 fully saturated rings. The number of sulfonamides is 1. The van der Waals surface area contributed by atoms with E-state index in [-0.39, 0.29) is 12.4 Å². The SMILES string of the molecule is CNCC1CCN(S(=O)(=O)CCOC)C1. The van der Waals surface area contributed by atoms with Crippen LogP contribution in [-0.2, 0) is 14.8 Å². The molecule has 0 aromatic rings. The van der Waals surface area contributed by atoms with Crippen LogP contribution in [0.25, 0.3) is 0 Å². The number of rotatable bonds is 6. The highest BCUT2D eigenvalue weighted by Gasteiger charge is 2.30. The maximum Gasteiger partial charge on any atom is 0.216 e. The molecule has 15 heavy (non-hydrogen) atoms. The molecule has 0 spiro atoms. The molecule has 1 N–H and O–H groups in total. The molecule has 0 saturated carbocycles. The molecule has 1 unspecified atom stereocenters. The molecule has 0 amide bonds. The van der Waals surface area contributed by atoms with Crippen molar-refractivity contribution in [3.05, 3.63) is 0 Å². The van der Waals surface area contributed by atoms with Crippen molar-refractivity contribution >= 4 is 10.0 Å². The maximum atomic E-state index is 11.8. The summed E-state index contributed by atoms with van der Waals surface area (Å²) >= 11 is 0. The van der Waals surface area contributed by atoms with Gasteiger partial charge in [0.05, 0.1) is 12.4 Å². The van der Waals surface area contributed by atoms with Gasteiger partial charge in [0, 0.05) is 20.2 Å². The number of methoxy groups -OCH3 is 1. The summed E-state index contributed by atoms with van der Waals surface area (Å²) in [6.07, 6.45) is 0.951. The topological polar surface area (TPSA) is 58.6 Å². The van der Waals surface area contributed by atoms with Crippen LogP contribution in [0.3, 0.4) is 0 Å². The summed E-state index contributed by atoms with van der Waals surface area (Å²) < 4.78 is 29.9. The van der Waals surface area contributed by atoms with E-state index in [2.05, 4.69) is 5.32 Å². The van der Waals surface area contributed by atoms with E-state index in [0.29, 0.717) is 19.0 Å². The summed E-state index contributed by atoms with van der Waals surface area (Å²) in [6.45, 7) is 2.46. The van der Waals surface area contributed by atoms with Gasteiger partial charge in [-0.25, -0.2) is 12.7 Å². The number of hydrogen-bond acceptors (Lipinski definition) is 4. The second kappa shape index (κ2) is 5.79. The van der Waals surface area contributed by atoms with E-state index < -0.39 is 10.0 Å². The Bertz CT molecular complexity index is 279. The van der Waals surface area contributed by atoms with E-state index in [9.17, 15) is 8.42 Å². The monoisotopic (exact) mass is 236 g/mol. The van der Waals surface area contributed by atoms with Gasteiger partial charge in [-0.1, -0.05) is 0 Å². The fourth-order valence-corrected chi connectivity index (χ4v) is 3.28. The van der Waals surface area contributed by atoms with Gasteiger partial charge in [0.2, 0.25) is 10.0 Å². The van der Waals surface area contributed by atoms with Crippen molar-refractivity contribution in [3.63, 3.8) is 0 Å². The normalized spacial score (nSPS) is 23.5. The van der Waals surface area contributed by atoms with Crippen molar-refractivity contribution in [1.29, 1.82) is 0 Å². The third kappa shape index (κ3) is 3.71. The van der Waals surface area contributed by atoms with Crippen LogP contribution in [0.2, 0.25) is 0 Å². The first kappa shape index (κ1) is 12.9. The van der Waals surface area contributed by atoms with Gasteiger partial charge < -0.3 is 10.1 Å².